The van der Waals surface area contributed by atoms with Crippen molar-refractivity contribution in [2.75, 3.05) is 0 Å². The lowest BCUT2D eigenvalue weighted by molar-refractivity contribution is 0.0959. The van der Waals surface area contributed by atoms with Gasteiger partial charge in [-0.15, -0.1) is 12.6 Å². The van der Waals surface area contributed by atoms with E-state index >= 15 is 0 Å². The van der Waals surface area contributed by atoms with Gasteiger partial charge in [0.25, 0.3) is 5.91 Å². The summed E-state index contributed by atoms with van der Waals surface area (Å²) in [5.41, 5.74) is 0.637. The number of carbonyl (C=O) groups is 1. The van der Waals surface area contributed by atoms with E-state index in [0.29, 0.717) is 10.6 Å². The maximum atomic E-state index is 11.7. The molecule has 0 aliphatic rings. The average Bonchev–Trinajstić information content (AvgIpc) is 2.65. The molecule has 0 unspecified atom stereocenters. The highest BCUT2D eigenvalue weighted by atomic mass is 32.1. The molecule has 0 N–H and O–H groups in total. The van der Waals surface area contributed by atoms with Gasteiger partial charge in [-0.2, -0.15) is 0 Å². The Morgan fingerprint density at radius 3 is 2.57 bits per heavy atom. The Kier molecular flexibility index (Phi) is 2.37. The molecule has 3 nitrogen and oxygen atoms in total. The van der Waals surface area contributed by atoms with Gasteiger partial charge in [0.05, 0.1) is 0 Å². The third-order valence-electron chi connectivity index (χ3n) is 1.82. The van der Waals surface area contributed by atoms with E-state index < -0.39 is 0 Å². The number of benzene rings is 1. The van der Waals surface area contributed by atoms with Crippen molar-refractivity contribution >= 4 is 18.5 Å². The molecule has 0 amide bonds. The van der Waals surface area contributed by atoms with Crippen LogP contribution < -0.4 is 0 Å². The summed E-state index contributed by atoms with van der Waals surface area (Å²) >= 11 is 4.03. The molecule has 1 aromatic carbocycles. The van der Waals surface area contributed by atoms with Crippen molar-refractivity contribution in [2.24, 2.45) is 0 Å². The van der Waals surface area contributed by atoms with Crippen LogP contribution in [-0.4, -0.2) is 15.5 Å². The van der Waals surface area contributed by atoms with Gasteiger partial charge in [-0.3, -0.25) is 9.36 Å². The minimum Gasteiger partial charge on any atom is -0.271 e. The monoisotopic (exact) mass is 204 g/mol. The van der Waals surface area contributed by atoms with Crippen LogP contribution in [0, 0.1) is 0 Å². The first kappa shape index (κ1) is 9.02. The lowest BCUT2D eigenvalue weighted by Crippen LogP contribution is -2.09. The van der Waals surface area contributed by atoms with Gasteiger partial charge >= 0.3 is 0 Å². The number of hydrogen-bond acceptors (Lipinski definition) is 3. The van der Waals surface area contributed by atoms with Crippen LogP contribution in [0.25, 0.3) is 0 Å². The smallest absolute Gasteiger partial charge is 0.263 e. The summed E-state index contributed by atoms with van der Waals surface area (Å²) in [4.78, 5) is 15.6. The van der Waals surface area contributed by atoms with E-state index in [1.807, 2.05) is 18.2 Å². The van der Waals surface area contributed by atoms with Gasteiger partial charge < -0.3 is 0 Å². The molecule has 0 saturated heterocycles. The summed E-state index contributed by atoms with van der Waals surface area (Å²) in [6.07, 6.45) is 3.04. The van der Waals surface area contributed by atoms with Crippen LogP contribution in [0.3, 0.4) is 0 Å². The average molecular weight is 204 g/mol. The molecule has 1 aromatic heterocycles. The Hall–Kier alpha value is -1.55. The Morgan fingerprint density at radius 1 is 1.29 bits per heavy atom. The molecule has 4 heteroatoms. The number of thiol groups is 1. The van der Waals surface area contributed by atoms with Crippen LogP contribution in [0.5, 0.6) is 0 Å². The summed E-state index contributed by atoms with van der Waals surface area (Å²) in [6.45, 7) is 0. The number of carbonyl (C=O) groups excluding carboxylic acids is 1. The predicted molar refractivity (Wildman–Crippen MR) is 55.6 cm³/mol. The molecule has 0 aliphatic carbocycles. The highest BCUT2D eigenvalue weighted by Gasteiger charge is 2.07. The summed E-state index contributed by atoms with van der Waals surface area (Å²) in [5, 5.41) is 0.536. The number of aromatic nitrogens is 2. The highest BCUT2D eigenvalue weighted by Crippen LogP contribution is 2.05. The van der Waals surface area contributed by atoms with Crippen molar-refractivity contribution < 1.29 is 4.79 Å². The van der Waals surface area contributed by atoms with E-state index in [9.17, 15) is 4.79 Å². The lowest BCUT2D eigenvalue weighted by atomic mass is 10.2. The summed E-state index contributed by atoms with van der Waals surface area (Å²) < 4.78 is 1.41. The van der Waals surface area contributed by atoms with E-state index in [4.69, 9.17) is 0 Å². The minimum atomic E-state index is -0.0987. The van der Waals surface area contributed by atoms with E-state index in [1.165, 1.54) is 10.9 Å². The largest absolute Gasteiger partial charge is 0.271 e. The zero-order valence-corrected chi connectivity index (χ0v) is 8.19. The van der Waals surface area contributed by atoms with Gasteiger partial charge in [-0.05, 0) is 12.1 Å². The number of imidazole rings is 1. The van der Waals surface area contributed by atoms with Gasteiger partial charge in [0.15, 0.2) is 0 Å². The fourth-order valence-corrected chi connectivity index (χ4v) is 1.33. The van der Waals surface area contributed by atoms with Crippen molar-refractivity contribution in [3.05, 3.63) is 48.4 Å². The molecule has 0 spiro atoms. The minimum absolute atomic E-state index is 0.0987. The standard InChI is InChI=1S/C10H8N2OS/c13-10(8-4-2-1-3-5-8)12-6-9(14)11-7-12/h1-7,14H. The van der Waals surface area contributed by atoms with Gasteiger partial charge in [0.2, 0.25) is 0 Å². The molecule has 2 aromatic rings. The normalized spacial score (nSPS) is 10.1. The van der Waals surface area contributed by atoms with E-state index in [2.05, 4.69) is 17.6 Å². The van der Waals surface area contributed by atoms with Gasteiger partial charge in [0, 0.05) is 11.8 Å². The van der Waals surface area contributed by atoms with E-state index in [0.717, 1.165) is 0 Å². The van der Waals surface area contributed by atoms with Gasteiger partial charge in [-0.1, -0.05) is 18.2 Å². The second-order valence-electron chi connectivity index (χ2n) is 2.81. The van der Waals surface area contributed by atoms with Crippen molar-refractivity contribution in [1.82, 2.24) is 9.55 Å². The molecule has 0 aliphatic heterocycles. The van der Waals surface area contributed by atoms with Crippen molar-refractivity contribution in [3.63, 3.8) is 0 Å². The molecular weight excluding hydrogens is 196 g/mol. The zero-order valence-electron chi connectivity index (χ0n) is 7.29. The first-order valence-electron chi connectivity index (χ1n) is 4.10. The van der Waals surface area contributed by atoms with Gasteiger partial charge in [-0.25, -0.2) is 4.98 Å². The van der Waals surface area contributed by atoms with Crippen molar-refractivity contribution in [1.29, 1.82) is 0 Å². The van der Waals surface area contributed by atoms with E-state index in [1.54, 1.807) is 18.3 Å². The first-order valence-corrected chi connectivity index (χ1v) is 4.55. The van der Waals surface area contributed by atoms with Crippen LogP contribution in [0.15, 0.2) is 47.9 Å². The number of nitrogens with zero attached hydrogens (tertiary/aromatic N) is 2. The Balaban J connectivity index is 2.34. The van der Waals surface area contributed by atoms with Crippen LogP contribution in [0.4, 0.5) is 0 Å². The maximum Gasteiger partial charge on any atom is 0.263 e. The van der Waals surface area contributed by atoms with Crippen LogP contribution in [0.1, 0.15) is 10.4 Å². The zero-order chi connectivity index (χ0) is 9.97. The third-order valence-corrected chi connectivity index (χ3v) is 2.06. The van der Waals surface area contributed by atoms with E-state index in [-0.39, 0.29) is 5.91 Å². The van der Waals surface area contributed by atoms with Crippen LogP contribution >= 0.6 is 12.6 Å². The third kappa shape index (κ3) is 1.70. The Morgan fingerprint density at radius 2 is 2.00 bits per heavy atom. The molecular formula is C10H8N2OS. The number of hydrogen-bond donors (Lipinski definition) is 1. The molecule has 1 heterocycles. The molecule has 0 atom stereocenters. The van der Waals surface area contributed by atoms with Crippen LogP contribution in [-0.2, 0) is 0 Å². The predicted octanol–water partition coefficient (Wildman–Crippen LogP) is 1.86. The molecule has 2 rings (SSSR count). The summed E-state index contributed by atoms with van der Waals surface area (Å²) in [7, 11) is 0. The Labute approximate surface area is 86.8 Å². The molecule has 14 heavy (non-hydrogen) atoms. The second kappa shape index (κ2) is 3.67. The topological polar surface area (TPSA) is 34.9 Å². The van der Waals surface area contributed by atoms with Gasteiger partial charge in [0.1, 0.15) is 11.4 Å². The first-order chi connectivity index (χ1) is 6.77. The second-order valence-corrected chi connectivity index (χ2v) is 3.27. The highest BCUT2D eigenvalue weighted by molar-refractivity contribution is 7.80. The SMILES string of the molecule is O=C(c1ccccc1)n1cnc(S)c1. The Bertz CT molecular complexity index is 450. The lowest BCUT2D eigenvalue weighted by Gasteiger charge is -1.99. The molecule has 70 valence electrons. The van der Waals surface area contributed by atoms with Crippen molar-refractivity contribution in [3.8, 4) is 0 Å². The number of rotatable bonds is 1. The summed E-state index contributed by atoms with van der Waals surface area (Å²) in [6, 6.07) is 9.05. The molecule has 0 bridgehead atoms. The molecule has 0 saturated carbocycles. The maximum absolute atomic E-state index is 11.7. The molecule has 0 radical (unpaired) electrons. The van der Waals surface area contributed by atoms with Crippen molar-refractivity contribution in [2.45, 2.75) is 5.03 Å². The fraction of sp³-hybridized carbons (Fsp3) is 0. The molecule has 0 fully saturated rings. The van der Waals surface area contributed by atoms with Crippen LogP contribution in [0.2, 0.25) is 0 Å². The quantitative estimate of drug-likeness (QED) is 0.719. The summed E-state index contributed by atoms with van der Waals surface area (Å²) in [5.74, 6) is -0.0987. The fourth-order valence-electron chi connectivity index (χ4n) is 1.15.